The van der Waals surface area contributed by atoms with E-state index >= 15 is 0 Å². The van der Waals surface area contributed by atoms with Gasteiger partial charge in [0, 0.05) is 0 Å². The number of carbonyl (C=O) groups excluding carboxylic acids is 1. The van der Waals surface area contributed by atoms with Gasteiger partial charge in [-0.15, -0.1) is 0 Å². The first-order valence-corrected chi connectivity index (χ1v) is 24.7. The van der Waals surface area contributed by atoms with Crippen molar-refractivity contribution in [3.05, 3.63) is 48.6 Å². The number of amides is 1. The third kappa shape index (κ3) is 27.3. The third-order valence-corrected chi connectivity index (χ3v) is 11.9. The summed E-state index contributed by atoms with van der Waals surface area (Å²) >= 11 is 0. The molecule has 0 bridgehead atoms. The topological polar surface area (TPSA) is 226 Å². The van der Waals surface area contributed by atoms with Crippen molar-refractivity contribution in [2.45, 2.75) is 229 Å². The smallest absolute Gasteiger partial charge is 0.389 e. The quantitative estimate of drug-likeness (QED) is 0.0168. The van der Waals surface area contributed by atoms with Crippen molar-refractivity contribution in [1.29, 1.82) is 0 Å². The molecule has 1 fully saturated rings. The van der Waals surface area contributed by atoms with Crippen molar-refractivity contribution >= 4 is 13.7 Å². The Morgan fingerprint density at radius 1 is 0.583 bits per heavy atom. The number of carbonyl (C=O) groups is 1. The molecule has 14 heteroatoms. The van der Waals surface area contributed by atoms with Crippen LogP contribution in [0.1, 0.15) is 174 Å². The molecule has 1 rings (SSSR count). The van der Waals surface area contributed by atoms with E-state index in [2.05, 4.69) is 37.4 Å². The summed E-state index contributed by atoms with van der Waals surface area (Å²) in [5.74, 6) is -0.671. The Hall–Kier alpha value is -1.74. The van der Waals surface area contributed by atoms with Gasteiger partial charge in [0.05, 0.1) is 31.3 Å². The summed E-state index contributed by atoms with van der Waals surface area (Å²) in [5, 5.41) is 74.2. The van der Waals surface area contributed by atoms with Crippen molar-refractivity contribution in [3.63, 3.8) is 0 Å². The van der Waals surface area contributed by atoms with E-state index < -0.39 is 75.2 Å². The fourth-order valence-electron chi connectivity index (χ4n) is 7.08. The summed E-state index contributed by atoms with van der Waals surface area (Å²) in [6, 6.07) is -1.29. The molecule has 1 amide bonds. The van der Waals surface area contributed by atoms with Crippen LogP contribution in [-0.2, 0) is 18.4 Å². The molecule has 0 aliphatic heterocycles. The lowest BCUT2D eigenvalue weighted by molar-refractivity contribution is -0.220. The number of aliphatic hydroxyl groups excluding tert-OH is 7. The highest BCUT2D eigenvalue weighted by Gasteiger charge is 2.51. The predicted molar refractivity (Wildman–Crippen MR) is 238 cm³/mol. The molecule has 0 aromatic heterocycles. The van der Waals surface area contributed by atoms with Gasteiger partial charge >= 0.3 is 7.82 Å². The van der Waals surface area contributed by atoms with E-state index in [9.17, 15) is 50.0 Å². The molecular formula is C46H84NO12P. The number of aliphatic hydroxyl groups is 7. The largest absolute Gasteiger partial charge is 0.472 e. The first-order valence-electron chi connectivity index (χ1n) is 23.2. The van der Waals surface area contributed by atoms with Crippen molar-refractivity contribution < 1.29 is 59.0 Å². The second-order valence-corrected chi connectivity index (χ2v) is 17.8. The van der Waals surface area contributed by atoms with E-state index in [1.807, 2.05) is 6.08 Å². The number of phosphoric ester groups is 1. The standard InChI is InChI=1S/C46H84NO12P/c1-3-5-7-9-11-13-15-16-17-18-19-20-21-22-24-26-28-30-32-34-39(49)38(36-58-60(56,57)59-46-44(54)42(52)41(51)43(53)45(46)55)47-40(50)35-37(48)33-31-29-27-25-23-14-12-10-8-6-4-2/h24-27,31-34,37-39,41-46,48-49,51-55H,3-23,28-30,35-36H2,1-2H3,(H,47,50)(H,56,57)/b26-24+,27-25-,33-31-,34-32+. The van der Waals surface area contributed by atoms with Crippen molar-refractivity contribution in [2.75, 3.05) is 6.61 Å². The van der Waals surface area contributed by atoms with E-state index in [1.165, 1.54) is 121 Å². The number of allylic oxidation sites excluding steroid dienone is 6. The van der Waals surface area contributed by atoms with Crippen LogP contribution in [0.5, 0.6) is 0 Å². The van der Waals surface area contributed by atoms with Crippen LogP contribution in [0.3, 0.4) is 0 Å². The van der Waals surface area contributed by atoms with Gasteiger partial charge in [0.25, 0.3) is 0 Å². The highest BCUT2D eigenvalue weighted by Crippen LogP contribution is 2.47. The van der Waals surface area contributed by atoms with E-state index in [0.717, 1.165) is 32.1 Å². The van der Waals surface area contributed by atoms with E-state index in [-0.39, 0.29) is 6.42 Å². The zero-order valence-corrected chi connectivity index (χ0v) is 37.8. The second kappa shape index (κ2) is 35.7. The molecule has 350 valence electrons. The maximum atomic E-state index is 12.9. The minimum atomic E-state index is -5.16. The molecule has 1 saturated carbocycles. The molecule has 0 aromatic rings. The van der Waals surface area contributed by atoms with Crippen molar-refractivity contribution in [3.8, 4) is 0 Å². The van der Waals surface area contributed by atoms with Gasteiger partial charge in [-0.2, -0.15) is 0 Å². The number of unbranched alkanes of at least 4 members (excludes halogenated alkanes) is 20. The van der Waals surface area contributed by atoms with Crippen LogP contribution >= 0.6 is 7.82 Å². The Kier molecular flexibility index (Phi) is 33.5. The summed E-state index contributed by atoms with van der Waals surface area (Å²) in [6.45, 7) is 3.67. The van der Waals surface area contributed by atoms with E-state index in [4.69, 9.17) is 9.05 Å². The van der Waals surface area contributed by atoms with Crippen LogP contribution in [0.25, 0.3) is 0 Å². The maximum absolute atomic E-state index is 12.9. The fraction of sp³-hybridized carbons (Fsp3) is 0.804. The van der Waals surface area contributed by atoms with Gasteiger partial charge in [-0.1, -0.05) is 172 Å². The first kappa shape index (κ1) is 56.3. The second-order valence-electron chi connectivity index (χ2n) is 16.4. The Balaban J connectivity index is 2.61. The Morgan fingerprint density at radius 2 is 1.02 bits per heavy atom. The van der Waals surface area contributed by atoms with Crippen LogP contribution in [0.2, 0.25) is 0 Å². The number of hydrogen-bond donors (Lipinski definition) is 9. The minimum Gasteiger partial charge on any atom is -0.389 e. The number of hydrogen-bond acceptors (Lipinski definition) is 11. The lowest BCUT2D eigenvalue weighted by Crippen LogP contribution is -2.64. The zero-order chi connectivity index (χ0) is 44.4. The first-order chi connectivity index (χ1) is 28.8. The monoisotopic (exact) mass is 874 g/mol. The summed E-state index contributed by atoms with van der Waals surface area (Å²) < 4.78 is 22.8. The molecule has 0 aromatic carbocycles. The summed E-state index contributed by atoms with van der Waals surface area (Å²) in [6.07, 6.45) is 28.1. The molecule has 1 aliphatic rings. The molecule has 0 saturated heterocycles. The molecule has 0 heterocycles. The summed E-state index contributed by atoms with van der Waals surface area (Å²) in [4.78, 5) is 23.3. The zero-order valence-electron chi connectivity index (χ0n) is 36.9. The van der Waals surface area contributed by atoms with Gasteiger partial charge in [-0.3, -0.25) is 13.8 Å². The lowest BCUT2D eigenvalue weighted by atomic mass is 9.85. The molecular weight excluding hydrogens is 789 g/mol. The van der Waals surface area contributed by atoms with Crippen LogP contribution in [0.15, 0.2) is 48.6 Å². The highest BCUT2D eigenvalue weighted by molar-refractivity contribution is 7.47. The Bertz CT molecular complexity index is 1220. The van der Waals surface area contributed by atoms with Crippen molar-refractivity contribution in [1.82, 2.24) is 5.32 Å². The average Bonchev–Trinajstić information content (AvgIpc) is 3.22. The molecule has 60 heavy (non-hydrogen) atoms. The normalized spacial score (nSPS) is 23.8. The molecule has 13 nitrogen and oxygen atoms in total. The number of nitrogens with one attached hydrogen (secondary N) is 1. The van der Waals surface area contributed by atoms with Gasteiger partial charge < -0.3 is 46.0 Å². The molecule has 0 radical (unpaired) electrons. The maximum Gasteiger partial charge on any atom is 0.472 e. The third-order valence-electron chi connectivity index (χ3n) is 10.9. The van der Waals surface area contributed by atoms with Gasteiger partial charge in [-0.25, -0.2) is 4.57 Å². The molecule has 1 aliphatic carbocycles. The van der Waals surface area contributed by atoms with Gasteiger partial charge in [0.15, 0.2) is 0 Å². The molecule has 0 spiro atoms. The van der Waals surface area contributed by atoms with Crippen LogP contribution in [0.4, 0.5) is 0 Å². The van der Waals surface area contributed by atoms with Gasteiger partial charge in [-0.05, 0) is 44.9 Å². The fourth-order valence-corrected chi connectivity index (χ4v) is 8.05. The Labute approximate surface area is 361 Å². The highest BCUT2D eigenvalue weighted by atomic mass is 31.2. The number of phosphoric acid groups is 1. The molecule has 8 unspecified atom stereocenters. The Morgan fingerprint density at radius 3 is 1.53 bits per heavy atom. The van der Waals surface area contributed by atoms with E-state index in [0.29, 0.717) is 12.8 Å². The molecule has 8 atom stereocenters. The predicted octanol–water partition coefficient (Wildman–Crippen LogP) is 7.53. The lowest BCUT2D eigenvalue weighted by Gasteiger charge is -2.41. The van der Waals surface area contributed by atoms with Crippen LogP contribution in [-0.4, -0.2) is 108 Å². The minimum absolute atomic E-state index is 0.360. The van der Waals surface area contributed by atoms with Crippen LogP contribution < -0.4 is 5.32 Å². The van der Waals surface area contributed by atoms with Crippen LogP contribution in [0, 0.1) is 0 Å². The van der Waals surface area contributed by atoms with E-state index in [1.54, 1.807) is 12.2 Å². The molecule has 9 N–H and O–H groups in total. The van der Waals surface area contributed by atoms with Gasteiger partial charge in [0.1, 0.15) is 36.6 Å². The SMILES string of the molecule is CCCCCCCC/C=C\C/C=C\C(O)CC(=O)NC(COP(=O)(O)OC1C(O)C(O)C(O)C(O)C1O)C(O)/C=C/CC/C=C/CCCCCCCCCCCCCCC. The van der Waals surface area contributed by atoms with Gasteiger partial charge in [0.2, 0.25) is 5.91 Å². The summed E-state index contributed by atoms with van der Waals surface area (Å²) in [7, 11) is -5.16. The number of rotatable bonds is 37. The summed E-state index contributed by atoms with van der Waals surface area (Å²) in [5.41, 5.74) is 0. The van der Waals surface area contributed by atoms with Crippen molar-refractivity contribution in [2.24, 2.45) is 0 Å². The average molecular weight is 874 g/mol.